The van der Waals surface area contributed by atoms with E-state index in [2.05, 4.69) is 37.9 Å². The largest absolute Gasteiger partial charge is 0.469 e. The van der Waals surface area contributed by atoms with Gasteiger partial charge < -0.3 is 14.9 Å². The van der Waals surface area contributed by atoms with Crippen LogP contribution in [-0.4, -0.2) is 36.9 Å². The first-order chi connectivity index (χ1) is 17.2. The Bertz CT molecular complexity index is 1060. The van der Waals surface area contributed by atoms with E-state index in [4.69, 9.17) is 11.3 Å². The zero-order valence-electron chi connectivity index (χ0n) is 23.9. The molecule has 0 spiro atoms. The maximum absolute atomic E-state index is 13.8. The van der Waals surface area contributed by atoms with Crippen molar-refractivity contribution in [2.75, 3.05) is 7.11 Å². The van der Waals surface area contributed by atoms with E-state index in [9.17, 15) is 14.4 Å². The highest BCUT2D eigenvalue weighted by Crippen LogP contribution is 2.70. The lowest BCUT2D eigenvalue weighted by atomic mass is 9.38. The molecule has 0 aromatic carbocycles. The summed E-state index contributed by atoms with van der Waals surface area (Å²) in [5.74, 6) is 0.651. The van der Waals surface area contributed by atoms with Gasteiger partial charge >= 0.3 is 5.97 Å². The van der Waals surface area contributed by atoms with Crippen molar-refractivity contribution in [3.8, 4) is 0 Å². The molecule has 6 heteroatoms. The fraction of sp³-hybridized carbons (Fsp3) is 0.871. The van der Waals surface area contributed by atoms with Crippen molar-refractivity contribution in [3.05, 3.63) is 11.4 Å². The number of nitrogens with zero attached hydrogens (tertiary/aromatic N) is 1. The van der Waals surface area contributed by atoms with Crippen LogP contribution < -0.4 is 5.32 Å². The van der Waals surface area contributed by atoms with Gasteiger partial charge in [0, 0.05) is 24.3 Å². The first-order valence-corrected chi connectivity index (χ1v) is 14.4. The van der Waals surface area contributed by atoms with Crippen LogP contribution in [0.2, 0.25) is 0 Å². The van der Waals surface area contributed by atoms with Gasteiger partial charge in [-0.05, 0) is 84.9 Å². The first kappa shape index (κ1) is 26.7. The van der Waals surface area contributed by atoms with Gasteiger partial charge in [0.1, 0.15) is 0 Å². The number of ketones is 1. The van der Waals surface area contributed by atoms with Crippen LogP contribution in [0.3, 0.4) is 0 Å². The Balaban J connectivity index is 1.59. The lowest BCUT2D eigenvalue weighted by Crippen LogP contribution is -2.65. The average Bonchev–Trinajstić information content (AvgIpc) is 2.95. The average molecular weight is 511 g/mol. The minimum Gasteiger partial charge on any atom is -0.469 e. The summed E-state index contributed by atoms with van der Waals surface area (Å²) in [6.45, 7) is 21.1. The molecule has 1 amide bonds. The SMILES string of the molecule is [C-]#[N+]C1C[C@]2(C)[C@H]3CC(=O)N[C@H]4[C@@H](CCC5(C(=O)OC)CCC(C)(C)C[C@@H]45)[C@]3(C)CC[C@H]2C(C)(C)C1=O. The molecule has 4 aliphatic carbocycles. The predicted octanol–water partition coefficient (Wildman–Crippen LogP) is 5.60. The van der Waals surface area contributed by atoms with E-state index in [1.165, 1.54) is 7.11 Å². The lowest BCUT2D eigenvalue weighted by molar-refractivity contribution is -0.183. The van der Waals surface area contributed by atoms with Crippen molar-refractivity contribution in [2.24, 2.45) is 50.7 Å². The molecular weight excluding hydrogens is 464 g/mol. The number of ether oxygens (including phenoxy) is 1. The molecule has 1 aliphatic heterocycles. The molecule has 37 heavy (non-hydrogen) atoms. The predicted molar refractivity (Wildman–Crippen MR) is 141 cm³/mol. The molecule has 1 saturated heterocycles. The van der Waals surface area contributed by atoms with Crippen molar-refractivity contribution >= 4 is 17.7 Å². The van der Waals surface area contributed by atoms with Crippen molar-refractivity contribution in [2.45, 2.75) is 111 Å². The number of Topliss-reactive ketones (excluding diaryl/α,β-unsaturated/α-hetero) is 1. The number of hydrogen-bond acceptors (Lipinski definition) is 4. The highest BCUT2D eigenvalue weighted by molar-refractivity contribution is 5.92. The van der Waals surface area contributed by atoms with Crippen molar-refractivity contribution in [1.82, 2.24) is 5.32 Å². The highest BCUT2D eigenvalue weighted by Gasteiger charge is 2.69. The topological polar surface area (TPSA) is 76.8 Å². The van der Waals surface area contributed by atoms with Crippen molar-refractivity contribution in [1.29, 1.82) is 0 Å². The molecule has 0 aromatic heterocycles. The zero-order chi connectivity index (χ0) is 27.2. The summed E-state index contributed by atoms with van der Waals surface area (Å²) >= 11 is 0. The summed E-state index contributed by atoms with van der Waals surface area (Å²) in [4.78, 5) is 44.2. The summed E-state index contributed by atoms with van der Waals surface area (Å²) in [6.07, 6.45) is 7.35. The van der Waals surface area contributed by atoms with Crippen molar-refractivity contribution in [3.63, 3.8) is 0 Å². The van der Waals surface area contributed by atoms with E-state index in [-0.39, 0.29) is 63.6 Å². The second-order valence-electron chi connectivity index (χ2n) is 15.2. The number of carbonyl (C=O) groups excluding carboxylic acids is 3. The number of fused-ring (bicyclic) bond motifs is 7. The molecule has 0 radical (unpaired) electrons. The Labute approximate surface area is 222 Å². The molecule has 1 N–H and O–H groups in total. The van der Waals surface area contributed by atoms with E-state index in [0.717, 1.165) is 44.9 Å². The molecule has 9 atom stereocenters. The highest BCUT2D eigenvalue weighted by atomic mass is 16.5. The van der Waals surface area contributed by atoms with E-state index >= 15 is 0 Å². The number of amides is 1. The minimum atomic E-state index is -0.627. The van der Waals surface area contributed by atoms with Crippen LogP contribution in [0.15, 0.2) is 0 Å². The molecule has 5 fully saturated rings. The fourth-order valence-electron chi connectivity index (χ4n) is 10.8. The van der Waals surface area contributed by atoms with E-state index in [0.29, 0.717) is 12.8 Å². The molecule has 1 heterocycles. The summed E-state index contributed by atoms with van der Waals surface area (Å²) in [5.41, 5.74) is -1.32. The van der Waals surface area contributed by atoms with Crippen LogP contribution in [-0.2, 0) is 19.1 Å². The molecule has 5 aliphatic rings. The fourth-order valence-corrected chi connectivity index (χ4v) is 10.8. The van der Waals surface area contributed by atoms with Gasteiger partial charge in [-0.25, -0.2) is 6.57 Å². The third-order valence-corrected chi connectivity index (χ3v) is 12.6. The van der Waals surface area contributed by atoms with Gasteiger partial charge in [0.05, 0.1) is 12.5 Å². The summed E-state index contributed by atoms with van der Waals surface area (Å²) in [6, 6.07) is -0.678. The number of hydrogen-bond donors (Lipinski definition) is 1. The number of methoxy groups -OCH3 is 1. The second kappa shape index (κ2) is 8.30. The third-order valence-electron chi connectivity index (χ3n) is 12.6. The Kier molecular flexibility index (Phi) is 5.99. The van der Waals surface area contributed by atoms with Crippen LogP contribution in [0.25, 0.3) is 4.85 Å². The zero-order valence-corrected chi connectivity index (χ0v) is 23.9. The molecule has 4 saturated carbocycles. The third kappa shape index (κ3) is 3.58. The standard InChI is InChI=1S/C31H46N2O4/c1-27(2)13-14-31(26(36)37-8)12-9-18-24(19(31)16-27)33-23(34)15-22-29(18,5)11-10-21-28(3,4)25(35)20(32-7)17-30(21,22)6/h18-22,24H,9-17H2,1-6,8H3,(H,33,34)/t18-,19+,20?,21+,22+,24+,29+,30+,31?/m1/s1. The maximum Gasteiger partial charge on any atom is 0.312 e. The Morgan fingerprint density at radius 3 is 2.27 bits per heavy atom. The van der Waals surface area contributed by atoms with Gasteiger partial charge in [-0.1, -0.05) is 41.5 Å². The Morgan fingerprint density at radius 2 is 1.62 bits per heavy atom. The van der Waals surface area contributed by atoms with Crippen LogP contribution >= 0.6 is 0 Å². The quantitative estimate of drug-likeness (QED) is 0.368. The molecular formula is C31H46N2O4. The van der Waals surface area contributed by atoms with Crippen molar-refractivity contribution < 1.29 is 19.1 Å². The molecule has 6 nitrogen and oxygen atoms in total. The van der Waals surface area contributed by atoms with Crippen LogP contribution in [0.1, 0.15) is 99.3 Å². The number of rotatable bonds is 1. The number of esters is 1. The van der Waals surface area contributed by atoms with Gasteiger partial charge in [-0.2, -0.15) is 0 Å². The number of nitrogens with one attached hydrogen (secondary N) is 1. The smallest absolute Gasteiger partial charge is 0.312 e. The summed E-state index contributed by atoms with van der Waals surface area (Å²) < 4.78 is 5.42. The normalized spacial score (nSPS) is 48.1. The first-order valence-electron chi connectivity index (χ1n) is 14.4. The van der Waals surface area contributed by atoms with Gasteiger partial charge in [0.25, 0.3) is 6.04 Å². The van der Waals surface area contributed by atoms with Gasteiger partial charge in [0.15, 0.2) is 0 Å². The monoisotopic (exact) mass is 510 g/mol. The Morgan fingerprint density at radius 1 is 0.919 bits per heavy atom. The van der Waals surface area contributed by atoms with E-state index in [1.807, 2.05) is 13.8 Å². The van der Waals surface area contributed by atoms with Crippen LogP contribution in [0.4, 0.5) is 0 Å². The molecule has 0 aromatic rings. The lowest BCUT2D eigenvalue weighted by Gasteiger charge is -2.65. The molecule has 5 rings (SSSR count). The van der Waals surface area contributed by atoms with Gasteiger partial charge in [-0.3, -0.25) is 14.4 Å². The number of carbonyl (C=O) groups is 3. The molecule has 2 unspecified atom stereocenters. The van der Waals surface area contributed by atoms with Gasteiger partial charge in [-0.15, -0.1) is 0 Å². The van der Waals surface area contributed by atoms with Crippen LogP contribution in [0, 0.1) is 57.3 Å². The Hall–Kier alpha value is -1.90. The second-order valence-corrected chi connectivity index (χ2v) is 15.2. The van der Waals surface area contributed by atoms with E-state index in [1.54, 1.807) is 0 Å². The molecule has 0 bridgehead atoms. The summed E-state index contributed by atoms with van der Waals surface area (Å²) in [7, 11) is 1.50. The minimum absolute atomic E-state index is 0.0510. The van der Waals surface area contributed by atoms with E-state index < -0.39 is 16.9 Å². The van der Waals surface area contributed by atoms with Crippen LogP contribution in [0.5, 0.6) is 0 Å². The van der Waals surface area contributed by atoms with Gasteiger partial charge in [0.2, 0.25) is 11.7 Å². The summed E-state index contributed by atoms with van der Waals surface area (Å²) in [5, 5.41) is 3.50. The molecule has 204 valence electrons. The maximum atomic E-state index is 13.8.